The first-order valence-corrected chi connectivity index (χ1v) is 19.5. The molecule has 12 rings (SSSR count). The number of anilines is 3. The molecule has 3 heterocycles. The van der Waals surface area contributed by atoms with Crippen molar-refractivity contribution in [2.24, 2.45) is 5.92 Å². The highest BCUT2D eigenvalue weighted by atomic mass is 16.5. The van der Waals surface area contributed by atoms with Gasteiger partial charge in [0.05, 0.1) is 29.0 Å². The number of benzene rings is 5. The van der Waals surface area contributed by atoms with Crippen molar-refractivity contribution in [3.8, 4) is 16.9 Å². The van der Waals surface area contributed by atoms with Gasteiger partial charge in [0.25, 0.3) is 0 Å². The Balaban J connectivity index is 1.17. The first-order valence-electron chi connectivity index (χ1n) is 19.5. The highest BCUT2D eigenvalue weighted by Crippen LogP contribution is 2.65. The number of carbonyl (C=O) groups excluding carboxylic acids is 1. The monoisotopic (exact) mass is 698 g/mol. The molecule has 0 amide bonds. The summed E-state index contributed by atoms with van der Waals surface area (Å²) in [4.78, 5) is 19.9. The molecule has 5 atom stereocenters. The maximum Gasteiger partial charge on any atom is 0.175 e. The molecular weight excluding hydrogens is 661 g/mol. The smallest absolute Gasteiger partial charge is 0.175 e. The van der Waals surface area contributed by atoms with Gasteiger partial charge < -0.3 is 14.5 Å². The second-order valence-corrected chi connectivity index (χ2v) is 15.6. The van der Waals surface area contributed by atoms with Crippen LogP contribution in [0.25, 0.3) is 11.1 Å². The predicted molar refractivity (Wildman–Crippen MR) is 216 cm³/mol. The summed E-state index contributed by atoms with van der Waals surface area (Å²) in [6.45, 7) is 0. The largest absolute Gasteiger partial charge is 0.485 e. The summed E-state index contributed by atoms with van der Waals surface area (Å²) in [6.07, 6.45) is 20.9. The number of nitrogens with zero attached hydrogens (tertiary/aromatic N) is 2. The SMILES string of the molecule is O=C1c2ccccc2OC2C=CCC(N3C4=CCCC=C4C4(c5ccccc5-c5ccccc54)c4cc5c(cc43)C3C=CC=CC3N5c3ccccc3)C12. The maximum atomic E-state index is 14.7. The van der Waals surface area contributed by atoms with Gasteiger partial charge in [0.15, 0.2) is 5.78 Å². The number of ether oxygens (including phenoxy) is 1. The van der Waals surface area contributed by atoms with E-state index in [1.54, 1.807) is 0 Å². The van der Waals surface area contributed by atoms with E-state index in [0.29, 0.717) is 11.3 Å². The second kappa shape index (κ2) is 11.2. The minimum atomic E-state index is -0.522. The molecule has 0 aromatic heterocycles. The first kappa shape index (κ1) is 30.3. The molecule has 0 N–H and O–H groups in total. The van der Waals surface area contributed by atoms with Crippen molar-refractivity contribution < 1.29 is 9.53 Å². The third-order valence-corrected chi connectivity index (χ3v) is 13.1. The first-order chi connectivity index (χ1) is 26.7. The molecule has 260 valence electrons. The Bertz CT molecular complexity index is 2550. The number of hydrogen-bond acceptors (Lipinski definition) is 4. The predicted octanol–water partition coefficient (Wildman–Crippen LogP) is 10.7. The lowest BCUT2D eigenvalue weighted by molar-refractivity contribution is 0.0684. The molecule has 0 radical (unpaired) electrons. The van der Waals surface area contributed by atoms with Crippen LogP contribution < -0.4 is 14.5 Å². The van der Waals surface area contributed by atoms with Gasteiger partial charge in [-0.1, -0.05) is 121 Å². The van der Waals surface area contributed by atoms with E-state index in [4.69, 9.17) is 4.74 Å². The van der Waals surface area contributed by atoms with Crippen molar-refractivity contribution in [2.75, 3.05) is 9.80 Å². The Hall–Kier alpha value is -6.13. The molecule has 3 aliphatic heterocycles. The molecular formula is C50H38N2O2. The van der Waals surface area contributed by atoms with E-state index in [0.717, 1.165) is 19.3 Å². The number of allylic oxidation sites excluding steroid dienone is 5. The van der Waals surface area contributed by atoms with Crippen LogP contribution in [0.5, 0.6) is 5.75 Å². The molecule has 4 aliphatic carbocycles. The van der Waals surface area contributed by atoms with Gasteiger partial charge in [-0.05, 0) is 101 Å². The summed E-state index contributed by atoms with van der Waals surface area (Å²) in [5, 5.41) is 0. The number of Topliss-reactive ketones (excluding diaryl/α,β-unsaturated/α-hetero) is 1. The number of para-hydroxylation sites is 2. The van der Waals surface area contributed by atoms with Gasteiger partial charge in [-0.2, -0.15) is 0 Å². The van der Waals surface area contributed by atoms with Crippen molar-refractivity contribution >= 4 is 22.8 Å². The van der Waals surface area contributed by atoms with Gasteiger partial charge in [-0.3, -0.25) is 4.79 Å². The van der Waals surface area contributed by atoms with Crippen LogP contribution >= 0.6 is 0 Å². The Morgan fingerprint density at radius 3 is 2.17 bits per heavy atom. The number of carbonyl (C=O) groups is 1. The van der Waals surface area contributed by atoms with Gasteiger partial charge in [-0.25, -0.2) is 0 Å². The lowest BCUT2D eigenvalue weighted by atomic mass is 9.61. The number of rotatable bonds is 2. The van der Waals surface area contributed by atoms with E-state index in [2.05, 4.69) is 149 Å². The fraction of sp³-hybridized carbons (Fsp3) is 0.180. The van der Waals surface area contributed by atoms with Crippen molar-refractivity contribution in [2.45, 2.75) is 48.8 Å². The van der Waals surface area contributed by atoms with E-state index in [1.165, 1.54) is 61.7 Å². The quantitative estimate of drug-likeness (QED) is 0.172. The molecule has 4 heteroatoms. The van der Waals surface area contributed by atoms with Crippen molar-refractivity contribution in [3.63, 3.8) is 0 Å². The summed E-state index contributed by atoms with van der Waals surface area (Å²) < 4.78 is 6.65. The molecule has 0 saturated heterocycles. The Morgan fingerprint density at radius 2 is 1.35 bits per heavy atom. The number of ketones is 1. The summed E-state index contributed by atoms with van der Waals surface area (Å²) in [5.74, 6) is 0.705. The van der Waals surface area contributed by atoms with Crippen LogP contribution in [0.2, 0.25) is 0 Å². The summed E-state index contributed by atoms with van der Waals surface area (Å²) in [7, 11) is 0. The van der Waals surface area contributed by atoms with Crippen LogP contribution in [0.4, 0.5) is 17.1 Å². The molecule has 1 spiro atoms. The van der Waals surface area contributed by atoms with Crippen LogP contribution in [0, 0.1) is 5.92 Å². The normalized spacial score (nSPS) is 25.6. The van der Waals surface area contributed by atoms with Gasteiger partial charge in [0.2, 0.25) is 0 Å². The lowest BCUT2D eigenvalue weighted by Gasteiger charge is -2.53. The maximum absolute atomic E-state index is 14.7. The van der Waals surface area contributed by atoms with E-state index in [1.807, 2.05) is 24.3 Å². The van der Waals surface area contributed by atoms with Gasteiger partial charge in [0.1, 0.15) is 11.9 Å². The zero-order chi connectivity index (χ0) is 35.5. The average Bonchev–Trinajstić information content (AvgIpc) is 3.71. The molecule has 4 nitrogen and oxygen atoms in total. The number of fused-ring (bicyclic) bond motifs is 14. The topological polar surface area (TPSA) is 32.8 Å². The molecule has 5 unspecified atom stereocenters. The molecule has 5 aromatic carbocycles. The summed E-state index contributed by atoms with van der Waals surface area (Å²) in [5.41, 5.74) is 14.3. The van der Waals surface area contributed by atoms with Gasteiger partial charge in [0, 0.05) is 28.7 Å². The van der Waals surface area contributed by atoms with Gasteiger partial charge in [-0.15, -0.1) is 0 Å². The Morgan fingerprint density at radius 1 is 0.648 bits per heavy atom. The van der Waals surface area contributed by atoms with E-state index in [9.17, 15) is 4.79 Å². The zero-order valence-electron chi connectivity index (χ0n) is 29.8. The highest BCUT2D eigenvalue weighted by Gasteiger charge is 2.57. The second-order valence-electron chi connectivity index (χ2n) is 15.6. The summed E-state index contributed by atoms with van der Waals surface area (Å²) in [6, 6.07) is 41.9. The van der Waals surface area contributed by atoms with Crippen molar-refractivity contribution in [1.29, 1.82) is 0 Å². The fourth-order valence-electron chi connectivity index (χ4n) is 11.1. The third kappa shape index (κ3) is 3.85. The molecule has 0 bridgehead atoms. The number of hydrogen-bond donors (Lipinski definition) is 0. The molecule has 7 aliphatic rings. The molecule has 54 heavy (non-hydrogen) atoms. The average molecular weight is 699 g/mol. The molecule has 5 aromatic rings. The zero-order valence-corrected chi connectivity index (χ0v) is 29.8. The molecule has 0 saturated carbocycles. The van der Waals surface area contributed by atoms with Crippen molar-refractivity contribution in [1.82, 2.24) is 0 Å². The van der Waals surface area contributed by atoms with E-state index < -0.39 is 5.41 Å². The van der Waals surface area contributed by atoms with E-state index in [-0.39, 0.29) is 35.8 Å². The van der Waals surface area contributed by atoms with Crippen LogP contribution in [0.1, 0.15) is 57.8 Å². The van der Waals surface area contributed by atoms with Gasteiger partial charge >= 0.3 is 0 Å². The van der Waals surface area contributed by atoms with Crippen LogP contribution in [0.3, 0.4) is 0 Å². The Kier molecular flexibility index (Phi) is 6.29. The van der Waals surface area contributed by atoms with Crippen LogP contribution in [0.15, 0.2) is 175 Å². The third-order valence-electron chi connectivity index (χ3n) is 13.1. The minimum absolute atomic E-state index is 0.126. The van der Waals surface area contributed by atoms with E-state index >= 15 is 0 Å². The fourth-order valence-corrected chi connectivity index (χ4v) is 11.1. The van der Waals surface area contributed by atoms with Crippen LogP contribution in [-0.2, 0) is 5.41 Å². The minimum Gasteiger partial charge on any atom is -0.485 e. The Labute approximate surface area is 315 Å². The standard InChI is InChI=1S/C50H38N2O2/c53-49-35-20-7-13-27-46(35)54-47-28-14-26-43(48(47)49)52-42-25-12-10-23-39(42)50(37-21-8-4-17-32(37)33-18-5-9-22-38(33)50)40-30-44-36(29-45(40)52)34-19-6-11-24-41(34)51(44)31-15-2-1-3-16-31/h1-9,11,13-25,27-30,34,41,43,47-48H,10,12,26H2. The highest BCUT2D eigenvalue weighted by molar-refractivity contribution is 6.03. The van der Waals surface area contributed by atoms with Crippen molar-refractivity contribution in [3.05, 3.63) is 203 Å². The lowest BCUT2D eigenvalue weighted by Crippen LogP contribution is -2.55. The molecule has 0 fully saturated rings. The summed E-state index contributed by atoms with van der Waals surface area (Å²) >= 11 is 0. The van der Waals surface area contributed by atoms with Crippen LogP contribution in [-0.4, -0.2) is 24.0 Å².